The van der Waals surface area contributed by atoms with Crippen molar-refractivity contribution in [2.45, 2.75) is 31.7 Å². The molecule has 0 aliphatic heterocycles. The minimum Gasteiger partial charge on any atom is -0.491 e. The summed E-state index contributed by atoms with van der Waals surface area (Å²) in [6.07, 6.45) is 0. The topological polar surface area (TPSA) is 138 Å². The van der Waals surface area contributed by atoms with Crippen molar-refractivity contribution in [2.75, 3.05) is 32.6 Å². The summed E-state index contributed by atoms with van der Waals surface area (Å²) >= 11 is 0. The fourth-order valence-electron chi connectivity index (χ4n) is 4.41. The van der Waals surface area contributed by atoms with Gasteiger partial charge in [-0.3, -0.25) is 9.59 Å². The molecule has 222 valence electrons. The van der Waals surface area contributed by atoms with E-state index in [1.165, 1.54) is 12.1 Å². The largest absolute Gasteiger partial charge is 0.491 e. The number of sulfonamides is 1. The van der Waals surface area contributed by atoms with Gasteiger partial charge >= 0.3 is 5.97 Å². The van der Waals surface area contributed by atoms with Crippen LogP contribution in [0.25, 0.3) is 22.1 Å². The first kappa shape index (κ1) is 30.8. The lowest BCUT2D eigenvalue weighted by Gasteiger charge is -2.18. The van der Waals surface area contributed by atoms with Crippen LogP contribution in [-0.2, 0) is 14.8 Å². The van der Waals surface area contributed by atoms with Gasteiger partial charge in [0.25, 0.3) is 5.91 Å². The molecule has 11 heteroatoms. The number of furan rings is 1. The number of benzene rings is 3. The Kier molecular flexibility index (Phi) is 9.35. The number of likely N-dealkylation sites (N-methyl/N-ethyl adjacent to an activating group) is 1. The number of anilines is 1. The highest BCUT2D eigenvalue weighted by molar-refractivity contribution is 7.89. The van der Waals surface area contributed by atoms with E-state index in [0.29, 0.717) is 29.2 Å². The Bertz CT molecular complexity index is 1680. The number of carboxylic acid groups (broad SMARTS) is 1. The predicted octanol–water partition coefficient (Wildman–Crippen LogP) is 4.99. The molecule has 0 saturated carbocycles. The van der Waals surface area contributed by atoms with Crippen molar-refractivity contribution >= 4 is 38.6 Å². The molecule has 10 nitrogen and oxygen atoms in total. The lowest BCUT2D eigenvalue weighted by atomic mass is 10.1. The number of hydrogen-bond donors (Lipinski definition) is 3. The summed E-state index contributed by atoms with van der Waals surface area (Å²) in [7, 11) is -0.0779. The van der Waals surface area contributed by atoms with E-state index in [1.54, 1.807) is 56.3 Å². The molecule has 3 N–H and O–H groups in total. The first-order valence-electron chi connectivity index (χ1n) is 13.4. The van der Waals surface area contributed by atoms with Crippen LogP contribution < -0.4 is 14.8 Å². The third-order valence-electron chi connectivity index (χ3n) is 6.77. The van der Waals surface area contributed by atoms with E-state index in [4.69, 9.17) is 9.15 Å². The van der Waals surface area contributed by atoms with E-state index in [2.05, 4.69) is 10.0 Å². The van der Waals surface area contributed by atoms with Crippen LogP contribution in [0.3, 0.4) is 0 Å². The van der Waals surface area contributed by atoms with Crippen LogP contribution in [0.1, 0.15) is 30.0 Å². The molecule has 4 rings (SSSR count). The number of hydrogen-bond acceptors (Lipinski definition) is 7. The Morgan fingerprint density at radius 2 is 1.60 bits per heavy atom. The third-order valence-corrected chi connectivity index (χ3v) is 8.23. The number of carboxylic acids is 1. The Hall–Kier alpha value is -4.19. The smallest absolute Gasteiger partial charge is 0.322 e. The van der Waals surface area contributed by atoms with Gasteiger partial charge in [0, 0.05) is 17.8 Å². The van der Waals surface area contributed by atoms with Gasteiger partial charge in [-0.1, -0.05) is 44.2 Å². The minimum atomic E-state index is -4.02. The van der Waals surface area contributed by atoms with Crippen LogP contribution in [0.15, 0.2) is 76.0 Å². The first-order valence-corrected chi connectivity index (χ1v) is 14.9. The molecule has 3 aromatic carbocycles. The quantitative estimate of drug-likeness (QED) is 0.209. The molecule has 0 radical (unpaired) electrons. The lowest BCUT2D eigenvalue weighted by molar-refractivity contribution is -0.140. The monoisotopic (exact) mass is 593 g/mol. The summed E-state index contributed by atoms with van der Waals surface area (Å²) in [6, 6.07) is 17.5. The first-order chi connectivity index (χ1) is 19.9. The summed E-state index contributed by atoms with van der Waals surface area (Å²) in [5.41, 5.74) is 3.36. The Labute approximate surface area is 245 Å². The molecule has 1 aromatic heterocycles. The highest BCUT2D eigenvalue weighted by Crippen LogP contribution is 2.34. The van der Waals surface area contributed by atoms with Crippen molar-refractivity contribution in [2.24, 2.45) is 5.92 Å². The molecule has 0 aliphatic carbocycles. The van der Waals surface area contributed by atoms with Crippen molar-refractivity contribution in [3.63, 3.8) is 0 Å². The second-order valence-corrected chi connectivity index (χ2v) is 12.3. The highest BCUT2D eigenvalue weighted by Gasteiger charge is 2.28. The number of aliphatic carboxylic acids is 1. The van der Waals surface area contributed by atoms with E-state index in [0.717, 1.165) is 23.1 Å². The van der Waals surface area contributed by atoms with Crippen molar-refractivity contribution in [1.29, 1.82) is 0 Å². The van der Waals surface area contributed by atoms with Gasteiger partial charge in [0.05, 0.1) is 10.3 Å². The maximum absolute atomic E-state index is 13.1. The SMILES string of the molecule is Cc1c(C(=O)Nc2ccc(-c3ccc(S(=O)(=O)N[C@H](C(=O)O)C(C)C)cc3)cc2)oc2cccc(OCCN(C)C)c12. The summed E-state index contributed by atoms with van der Waals surface area (Å²) in [5, 5.41) is 13.0. The number of amides is 1. The van der Waals surface area contributed by atoms with E-state index in [1.807, 2.05) is 38.1 Å². The Morgan fingerprint density at radius 3 is 2.17 bits per heavy atom. The number of carbonyl (C=O) groups excluding carboxylic acids is 1. The average Bonchev–Trinajstić information content (AvgIpc) is 3.29. The average molecular weight is 594 g/mol. The highest BCUT2D eigenvalue weighted by atomic mass is 32.2. The van der Waals surface area contributed by atoms with Crippen molar-refractivity contribution < 1.29 is 32.3 Å². The zero-order chi connectivity index (χ0) is 30.6. The molecular weight excluding hydrogens is 558 g/mol. The second-order valence-electron chi connectivity index (χ2n) is 10.6. The normalized spacial score (nSPS) is 12.5. The molecule has 0 bridgehead atoms. The molecule has 0 fully saturated rings. The van der Waals surface area contributed by atoms with Gasteiger partial charge in [0.15, 0.2) is 5.76 Å². The van der Waals surface area contributed by atoms with Gasteiger partial charge in [0.1, 0.15) is 24.0 Å². The van der Waals surface area contributed by atoms with E-state index >= 15 is 0 Å². The van der Waals surface area contributed by atoms with Crippen molar-refractivity contribution in [1.82, 2.24) is 9.62 Å². The molecule has 0 spiro atoms. The standard InChI is InChI=1S/C31H35N3O7S/c1-19(2)28(31(36)37)33-42(38,39)24-15-11-22(12-16-24)21-9-13-23(14-10-21)32-30(35)29-20(3)27-25(40-18-17-34(4)5)7-6-8-26(27)41-29/h6-16,19,28,33H,17-18H2,1-5H3,(H,32,35)(H,36,37)/t28-/m0/s1. The molecule has 1 atom stereocenters. The number of rotatable bonds is 12. The summed E-state index contributed by atoms with van der Waals surface area (Å²) in [6.45, 7) is 6.35. The number of aryl methyl sites for hydroxylation is 1. The van der Waals surface area contributed by atoms with Crippen LogP contribution in [0, 0.1) is 12.8 Å². The summed E-state index contributed by atoms with van der Waals surface area (Å²) < 4.78 is 39.5. The molecule has 0 aliphatic rings. The van der Waals surface area contributed by atoms with E-state index in [9.17, 15) is 23.1 Å². The molecular formula is C31H35N3O7S. The molecule has 1 heterocycles. The maximum Gasteiger partial charge on any atom is 0.322 e. The van der Waals surface area contributed by atoms with Gasteiger partial charge in [-0.2, -0.15) is 4.72 Å². The molecule has 4 aromatic rings. The van der Waals surface area contributed by atoms with Crippen LogP contribution >= 0.6 is 0 Å². The zero-order valence-electron chi connectivity index (χ0n) is 24.2. The zero-order valence-corrected chi connectivity index (χ0v) is 25.0. The van der Waals surface area contributed by atoms with Crippen LogP contribution in [0.2, 0.25) is 0 Å². The Morgan fingerprint density at radius 1 is 0.976 bits per heavy atom. The molecule has 1 amide bonds. The van der Waals surface area contributed by atoms with Gasteiger partial charge in [-0.15, -0.1) is 0 Å². The van der Waals surface area contributed by atoms with Crippen LogP contribution in [0.5, 0.6) is 5.75 Å². The fourth-order valence-corrected chi connectivity index (χ4v) is 5.75. The molecule has 42 heavy (non-hydrogen) atoms. The number of carbonyl (C=O) groups is 2. The molecule has 0 saturated heterocycles. The van der Waals surface area contributed by atoms with Gasteiger partial charge in [0.2, 0.25) is 10.0 Å². The van der Waals surface area contributed by atoms with Crippen molar-refractivity contribution in [3.8, 4) is 16.9 Å². The fraction of sp³-hybridized carbons (Fsp3) is 0.290. The van der Waals surface area contributed by atoms with E-state index < -0.39 is 28.0 Å². The van der Waals surface area contributed by atoms with E-state index in [-0.39, 0.29) is 16.6 Å². The second kappa shape index (κ2) is 12.8. The van der Waals surface area contributed by atoms with Crippen LogP contribution in [-0.4, -0.2) is 63.6 Å². The van der Waals surface area contributed by atoms with Crippen molar-refractivity contribution in [3.05, 3.63) is 78.1 Å². The summed E-state index contributed by atoms with van der Waals surface area (Å²) in [5.74, 6) is -1.18. The number of ether oxygens (including phenoxy) is 1. The number of nitrogens with zero attached hydrogens (tertiary/aromatic N) is 1. The van der Waals surface area contributed by atoms with Crippen LogP contribution in [0.4, 0.5) is 5.69 Å². The summed E-state index contributed by atoms with van der Waals surface area (Å²) in [4.78, 5) is 26.5. The third kappa shape index (κ3) is 6.99. The predicted molar refractivity (Wildman–Crippen MR) is 161 cm³/mol. The maximum atomic E-state index is 13.1. The van der Waals surface area contributed by atoms with Gasteiger partial charge < -0.3 is 24.5 Å². The lowest BCUT2D eigenvalue weighted by Crippen LogP contribution is -2.44. The molecule has 0 unspecified atom stereocenters. The van der Waals surface area contributed by atoms with Gasteiger partial charge in [-0.25, -0.2) is 8.42 Å². The number of nitrogens with one attached hydrogen (secondary N) is 2. The number of fused-ring (bicyclic) bond motifs is 1. The van der Waals surface area contributed by atoms with Gasteiger partial charge in [-0.05, 0) is 74.5 Å². The minimum absolute atomic E-state index is 0.0329. The Balaban J connectivity index is 1.46.